The second-order valence-corrected chi connectivity index (χ2v) is 9.07. The third-order valence-electron chi connectivity index (χ3n) is 4.98. The first kappa shape index (κ1) is 20.4. The van der Waals surface area contributed by atoms with Gasteiger partial charge in [0.1, 0.15) is 11.3 Å². The molecule has 3 heterocycles. The molecule has 0 amide bonds. The van der Waals surface area contributed by atoms with Gasteiger partial charge in [0.15, 0.2) is 11.6 Å². The molecule has 158 valence electrons. The first-order valence-electron chi connectivity index (χ1n) is 9.36. The lowest BCUT2D eigenvalue weighted by Gasteiger charge is -2.30. The number of rotatable bonds is 5. The molecule has 8 nitrogen and oxygen atoms in total. The van der Waals surface area contributed by atoms with Gasteiger partial charge in [0.2, 0.25) is 16.0 Å². The quantitative estimate of drug-likeness (QED) is 0.637. The predicted octanol–water partition coefficient (Wildman–Crippen LogP) is 2.88. The average Bonchev–Trinajstić information content (AvgIpc) is 2.71. The maximum absolute atomic E-state index is 14.3. The summed E-state index contributed by atoms with van der Waals surface area (Å²) in [7, 11) is -3.23. The number of sulfonamides is 1. The molecule has 0 atom stereocenters. The Bertz CT molecular complexity index is 1180. The molecule has 1 saturated heterocycles. The maximum atomic E-state index is 14.3. The SMILES string of the molecule is CS(=O)(=O)N1CCC(Nc2nc(Nc3ccnc4c(F)cccc34)ncc2F)CC1. The summed E-state index contributed by atoms with van der Waals surface area (Å²) in [4.78, 5) is 12.2. The van der Waals surface area contributed by atoms with Gasteiger partial charge in [-0.15, -0.1) is 0 Å². The topological polar surface area (TPSA) is 100 Å². The van der Waals surface area contributed by atoms with Crippen molar-refractivity contribution in [3.8, 4) is 0 Å². The summed E-state index contributed by atoms with van der Waals surface area (Å²) in [5.74, 6) is -0.894. The Morgan fingerprint density at radius 1 is 1.10 bits per heavy atom. The van der Waals surface area contributed by atoms with E-state index in [0.717, 1.165) is 6.20 Å². The van der Waals surface area contributed by atoms with Gasteiger partial charge in [0.05, 0.1) is 18.1 Å². The minimum atomic E-state index is -3.23. The van der Waals surface area contributed by atoms with Gasteiger partial charge in [-0.1, -0.05) is 12.1 Å². The van der Waals surface area contributed by atoms with Crippen LogP contribution in [0, 0.1) is 11.6 Å². The normalized spacial score (nSPS) is 16.0. The second-order valence-electron chi connectivity index (χ2n) is 7.09. The van der Waals surface area contributed by atoms with Gasteiger partial charge in [-0.3, -0.25) is 4.98 Å². The third-order valence-corrected chi connectivity index (χ3v) is 6.28. The Hall–Kier alpha value is -2.92. The van der Waals surface area contributed by atoms with Crippen molar-refractivity contribution in [2.24, 2.45) is 0 Å². The molecule has 11 heteroatoms. The van der Waals surface area contributed by atoms with Crippen molar-refractivity contribution < 1.29 is 17.2 Å². The van der Waals surface area contributed by atoms with E-state index in [1.165, 1.54) is 22.8 Å². The zero-order valence-electron chi connectivity index (χ0n) is 16.1. The van der Waals surface area contributed by atoms with Crippen LogP contribution in [0.3, 0.4) is 0 Å². The number of hydrogen-bond donors (Lipinski definition) is 2. The van der Waals surface area contributed by atoms with Crippen LogP contribution in [0.5, 0.6) is 0 Å². The average molecular weight is 434 g/mol. The highest BCUT2D eigenvalue weighted by molar-refractivity contribution is 7.88. The van der Waals surface area contributed by atoms with E-state index in [1.807, 2.05) is 0 Å². The molecule has 0 radical (unpaired) electrons. The smallest absolute Gasteiger partial charge is 0.229 e. The van der Waals surface area contributed by atoms with Crippen LogP contribution in [0.25, 0.3) is 10.9 Å². The Morgan fingerprint density at radius 2 is 1.87 bits per heavy atom. The fourth-order valence-corrected chi connectivity index (χ4v) is 4.30. The molecule has 0 spiro atoms. The molecule has 0 bridgehead atoms. The Morgan fingerprint density at radius 3 is 2.60 bits per heavy atom. The van der Waals surface area contributed by atoms with Crippen LogP contribution >= 0.6 is 0 Å². The monoisotopic (exact) mass is 434 g/mol. The number of halogens is 2. The lowest BCUT2D eigenvalue weighted by atomic mass is 10.1. The second kappa shape index (κ2) is 8.07. The Labute approximate surface area is 172 Å². The zero-order chi connectivity index (χ0) is 21.3. The fourth-order valence-electron chi connectivity index (χ4n) is 3.42. The number of anilines is 3. The van der Waals surface area contributed by atoms with Crippen LogP contribution in [-0.2, 0) is 10.0 Å². The van der Waals surface area contributed by atoms with Crippen LogP contribution in [0.4, 0.5) is 26.2 Å². The summed E-state index contributed by atoms with van der Waals surface area (Å²) in [5.41, 5.74) is 0.749. The van der Waals surface area contributed by atoms with Crippen molar-refractivity contribution in [2.45, 2.75) is 18.9 Å². The number of piperidine rings is 1. The summed E-state index contributed by atoms with van der Waals surface area (Å²) in [6, 6.07) is 6.15. The van der Waals surface area contributed by atoms with Crippen molar-refractivity contribution in [1.82, 2.24) is 19.3 Å². The van der Waals surface area contributed by atoms with Gasteiger partial charge in [-0.25, -0.2) is 26.5 Å². The molecule has 1 aromatic carbocycles. The molecular weight excluding hydrogens is 414 g/mol. The molecule has 0 unspecified atom stereocenters. The maximum Gasteiger partial charge on any atom is 0.229 e. The summed E-state index contributed by atoms with van der Waals surface area (Å²) < 4.78 is 52.9. The number of pyridine rings is 1. The van der Waals surface area contributed by atoms with Crippen molar-refractivity contribution in [2.75, 3.05) is 30.0 Å². The van der Waals surface area contributed by atoms with Crippen LogP contribution in [0.2, 0.25) is 0 Å². The van der Waals surface area contributed by atoms with Crippen LogP contribution in [0.15, 0.2) is 36.7 Å². The van der Waals surface area contributed by atoms with Gasteiger partial charge in [-0.05, 0) is 25.0 Å². The molecule has 4 rings (SSSR count). The van der Waals surface area contributed by atoms with Gasteiger partial charge in [0, 0.05) is 30.7 Å². The molecule has 0 aliphatic carbocycles. The minimum absolute atomic E-state index is 0.0230. The Balaban J connectivity index is 1.51. The fraction of sp³-hybridized carbons (Fsp3) is 0.316. The van der Waals surface area contributed by atoms with Crippen LogP contribution in [-0.4, -0.2) is 53.1 Å². The highest BCUT2D eigenvalue weighted by Gasteiger charge is 2.25. The van der Waals surface area contributed by atoms with Gasteiger partial charge in [-0.2, -0.15) is 4.98 Å². The number of hydrogen-bond acceptors (Lipinski definition) is 7. The lowest BCUT2D eigenvalue weighted by molar-refractivity contribution is 0.331. The highest BCUT2D eigenvalue weighted by atomic mass is 32.2. The summed E-state index contributed by atoms with van der Waals surface area (Å²) in [6.07, 6.45) is 4.76. The van der Waals surface area contributed by atoms with Crippen LogP contribution in [0.1, 0.15) is 12.8 Å². The molecule has 30 heavy (non-hydrogen) atoms. The molecule has 3 aromatic rings. The van der Waals surface area contributed by atoms with E-state index in [1.54, 1.807) is 18.2 Å². The highest BCUT2D eigenvalue weighted by Crippen LogP contribution is 2.26. The van der Waals surface area contributed by atoms with Crippen molar-refractivity contribution >= 4 is 38.4 Å². The molecule has 1 fully saturated rings. The summed E-state index contributed by atoms with van der Waals surface area (Å²) >= 11 is 0. The van der Waals surface area contributed by atoms with E-state index >= 15 is 0 Å². The minimum Gasteiger partial charge on any atom is -0.365 e. The molecule has 1 aliphatic rings. The van der Waals surface area contributed by atoms with E-state index in [4.69, 9.17) is 0 Å². The summed E-state index contributed by atoms with van der Waals surface area (Å²) in [6.45, 7) is 0.728. The summed E-state index contributed by atoms with van der Waals surface area (Å²) in [5, 5.41) is 6.57. The lowest BCUT2D eigenvalue weighted by Crippen LogP contribution is -2.42. The van der Waals surface area contributed by atoms with Gasteiger partial charge < -0.3 is 10.6 Å². The van der Waals surface area contributed by atoms with Crippen LogP contribution < -0.4 is 10.6 Å². The van der Waals surface area contributed by atoms with E-state index in [9.17, 15) is 17.2 Å². The number of benzene rings is 1. The van der Waals surface area contributed by atoms with E-state index in [2.05, 4.69) is 25.6 Å². The Kier molecular flexibility index (Phi) is 5.48. The first-order valence-corrected chi connectivity index (χ1v) is 11.2. The molecule has 0 saturated carbocycles. The zero-order valence-corrected chi connectivity index (χ0v) is 17.0. The predicted molar refractivity (Wildman–Crippen MR) is 110 cm³/mol. The standard InChI is InChI=1S/C19H20F2N6O2S/c1-30(28,29)27-9-6-12(7-10-27)24-18-15(21)11-23-19(26-18)25-16-5-8-22-17-13(16)3-2-4-14(17)20/h2-5,8,11-12H,6-7,9-10H2,1H3,(H2,22,23,24,25,26). The third kappa shape index (κ3) is 4.31. The first-order chi connectivity index (χ1) is 14.3. The largest absolute Gasteiger partial charge is 0.365 e. The van der Waals surface area contributed by atoms with Crippen molar-refractivity contribution in [1.29, 1.82) is 0 Å². The van der Waals surface area contributed by atoms with Crippen molar-refractivity contribution in [3.63, 3.8) is 0 Å². The van der Waals surface area contributed by atoms with Crippen molar-refractivity contribution in [3.05, 3.63) is 48.3 Å². The van der Waals surface area contributed by atoms with E-state index < -0.39 is 21.7 Å². The van der Waals surface area contributed by atoms with E-state index in [-0.39, 0.29) is 23.3 Å². The molecule has 1 aliphatic heterocycles. The number of nitrogens with zero attached hydrogens (tertiary/aromatic N) is 4. The number of para-hydroxylation sites is 1. The number of aromatic nitrogens is 3. The van der Waals surface area contributed by atoms with E-state index in [0.29, 0.717) is 37.0 Å². The molecule has 2 aromatic heterocycles. The number of fused-ring (bicyclic) bond motifs is 1. The molecular formula is C19H20F2N6O2S. The van der Waals surface area contributed by atoms with Gasteiger partial charge >= 0.3 is 0 Å². The van der Waals surface area contributed by atoms with Gasteiger partial charge in [0.25, 0.3) is 0 Å². The molecule has 2 N–H and O–H groups in total. The number of nitrogens with one attached hydrogen (secondary N) is 2.